The smallest absolute Gasteiger partial charge is 0.302 e. The Morgan fingerprint density at radius 2 is 2.16 bits per heavy atom. The molecule has 2 aromatic heterocycles. The summed E-state index contributed by atoms with van der Waals surface area (Å²) in [6, 6.07) is 4.07. The SMILES string of the molecule is C=CC(=O)N1CC(N2NC(C(=O)Nc3nc4cc(Cl)ccc4o3)c3c(N)ncnc32)C1. The van der Waals surface area contributed by atoms with Gasteiger partial charge in [-0.1, -0.05) is 18.2 Å². The van der Waals surface area contributed by atoms with Crippen LogP contribution < -0.4 is 21.5 Å². The largest absolute Gasteiger partial charge is 0.423 e. The second kappa shape index (κ2) is 7.22. The van der Waals surface area contributed by atoms with Gasteiger partial charge in [-0.15, -0.1) is 0 Å². The number of hydrazine groups is 1. The molecule has 0 radical (unpaired) electrons. The molecule has 4 N–H and O–H groups in total. The molecule has 5 rings (SSSR count). The van der Waals surface area contributed by atoms with E-state index in [1.165, 1.54) is 12.4 Å². The number of benzene rings is 1. The molecular weight excluding hydrogens is 424 g/mol. The number of nitrogens with zero attached hydrogens (tertiary/aromatic N) is 5. The normalized spacial score (nSPS) is 18.0. The predicted molar refractivity (Wildman–Crippen MR) is 113 cm³/mol. The number of anilines is 3. The number of halogens is 1. The number of fused-ring (bicyclic) bond motifs is 2. The highest BCUT2D eigenvalue weighted by Gasteiger charge is 2.44. The number of likely N-dealkylation sites (tertiary alicyclic amines) is 1. The summed E-state index contributed by atoms with van der Waals surface area (Å²) in [7, 11) is 0. The minimum atomic E-state index is -0.862. The summed E-state index contributed by atoms with van der Waals surface area (Å²) in [5.74, 6) is 0.0834. The summed E-state index contributed by atoms with van der Waals surface area (Å²) in [4.78, 5) is 39.0. The summed E-state index contributed by atoms with van der Waals surface area (Å²) in [5, 5.41) is 4.91. The van der Waals surface area contributed by atoms with Gasteiger partial charge < -0.3 is 15.1 Å². The average molecular weight is 441 g/mol. The number of hydrogen-bond acceptors (Lipinski definition) is 9. The van der Waals surface area contributed by atoms with Gasteiger partial charge in [-0.25, -0.2) is 15.4 Å². The molecule has 0 saturated carbocycles. The van der Waals surface area contributed by atoms with E-state index in [9.17, 15) is 9.59 Å². The van der Waals surface area contributed by atoms with Crippen molar-refractivity contribution < 1.29 is 14.0 Å². The Morgan fingerprint density at radius 1 is 1.35 bits per heavy atom. The van der Waals surface area contributed by atoms with E-state index in [1.54, 1.807) is 28.1 Å². The first kappa shape index (κ1) is 19.3. The van der Waals surface area contributed by atoms with Crippen LogP contribution in [0, 0.1) is 0 Å². The molecule has 3 aromatic rings. The highest BCUT2D eigenvalue weighted by atomic mass is 35.5. The van der Waals surface area contributed by atoms with Crippen LogP contribution in [-0.4, -0.2) is 50.8 Å². The van der Waals surface area contributed by atoms with Gasteiger partial charge in [-0.3, -0.25) is 19.9 Å². The summed E-state index contributed by atoms with van der Waals surface area (Å²) < 4.78 is 5.57. The quantitative estimate of drug-likeness (QED) is 0.510. The number of nitrogens with two attached hydrogens (primary N) is 1. The molecule has 1 aromatic carbocycles. The summed E-state index contributed by atoms with van der Waals surface area (Å²) in [6.07, 6.45) is 2.60. The standard InChI is InChI=1S/C19H17ClN8O3/c1-2-13(29)27-6-10(7-27)28-17-14(16(21)22-8-23-17)15(26-28)18(30)25-19-24-11-5-9(20)3-4-12(11)31-19/h2-5,8,10,15,26H,1,6-7H2,(H2,21,22,23)(H,24,25,30). The third kappa shape index (κ3) is 3.23. The van der Waals surface area contributed by atoms with E-state index in [-0.39, 0.29) is 23.8 Å². The molecule has 1 atom stereocenters. The van der Waals surface area contributed by atoms with Crippen molar-refractivity contribution in [3.8, 4) is 0 Å². The van der Waals surface area contributed by atoms with Crippen LogP contribution in [0.3, 0.4) is 0 Å². The van der Waals surface area contributed by atoms with Gasteiger partial charge in [-0.05, 0) is 24.3 Å². The van der Waals surface area contributed by atoms with Crippen LogP contribution in [-0.2, 0) is 9.59 Å². The number of amides is 2. The minimum absolute atomic E-state index is 0.0332. The Bertz CT molecular complexity index is 1220. The molecule has 1 fully saturated rings. The molecule has 11 nitrogen and oxygen atoms in total. The molecule has 12 heteroatoms. The topological polar surface area (TPSA) is 143 Å². The van der Waals surface area contributed by atoms with E-state index in [0.717, 1.165) is 0 Å². The van der Waals surface area contributed by atoms with Gasteiger partial charge in [0.2, 0.25) is 5.91 Å². The molecule has 1 unspecified atom stereocenters. The van der Waals surface area contributed by atoms with Crippen LogP contribution in [0.1, 0.15) is 11.6 Å². The first-order valence-corrected chi connectivity index (χ1v) is 9.76. The first-order chi connectivity index (χ1) is 14.9. The molecule has 0 bridgehead atoms. The maximum Gasteiger partial charge on any atom is 0.302 e. The third-order valence-electron chi connectivity index (χ3n) is 5.23. The van der Waals surface area contributed by atoms with Gasteiger partial charge in [0.15, 0.2) is 11.4 Å². The van der Waals surface area contributed by atoms with Gasteiger partial charge in [0.1, 0.15) is 23.7 Å². The molecule has 1 saturated heterocycles. The Balaban J connectivity index is 1.38. The molecule has 31 heavy (non-hydrogen) atoms. The van der Waals surface area contributed by atoms with Gasteiger partial charge in [0, 0.05) is 18.1 Å². The van der Waals surface area contributed by atoms with Crippen molar-refractivity contribution in [1.82, 2.24) is 25.3 Å². The number of nitrogens with one attached hydrogen (secondary N) is 2. The first-order valence-electron chi connectivity index (χ1n) is 9.38. The minimum Gasteiger partial charge on any atom is -0.423 e. The average Bonchev–Trinajstić information content (AvgIpc) is 3.28. The van der Waals surface area contributed by atoms with Gasteiger partial charge in [0.25, 0.3) is 5.91 Å². The lowest BCUT2D eigenvalue weighted by molar-refractivity contribution is -0.130. The third-order valence-corrected chi connectivity index (χ3v) is 5.47. The number of aromatic nitrogens is 3. The van der Waals surface area contributed by atoms with Crippen molar-refractivity contribution in [2.75, 3.05) is 29.1 Å². The van der Waals surface area contributed by atoms with Crippen molar-refractivity contribution in [2.24, 2.45) is 0 Å². The van der Waals surface area contributed by atoms with E-state index < -0.39 is 11.9 Å². The van der Waals surface area contributed by atoms with Gasteiger partial charge in [-0.2, -0.15) is 4.98 Å². The molecule has 2 aliphatic heterocycles. The van der Waals surface area contributed by atoms with Crippen LogP contribution in [0.4, 0.5) is 17.7 Å². The number of nitrogen functional groups attached to an aromatic ring is 1. The second-order valence-corrected chi connectivity index (χ2v) is 7.59. The Labute approximate surface area is 180 Å². The van der Waals surface area contributed by atoms with Crippen molar-refractivity contribution >= 4 is 52.2 Å². The molecule has 4 heterocycles. The molecule has 2 aliphatic rings. The maximum atomic E-state index is 13.1. The second-order valence-electron chi connectivity index (χ2n) is 7.15. The number of carbonyl (C=O) groups is 2. The number of oxazole rings is 1. The van der Waals surface area contributed by atoms with Crippen molar-refractivity contribution in [1.29, 1.82) is 0 Å². The molecule has 158 valence electrons. The molecule has 2 amide bonds. The lowest BCUT2D eigenvalue weighted by Gasteiger charge is -2.43. The van der Waals surface area contributed by atoms with Crippen molar-refractivity contribution in [2.45, 2.75) is 12.1 Å². The Kier molecular flexibility index (Phi) is 4.49. The van der Waals surface area contributed by atoms with E-state index in [1.807, 2.05) is 0 Å². The van der Waals surface area contributed by atoms with E-state index in [4.69, 9.17) is 21.8 Å². The zero-order valence-electron chi connectivity index (χ0n) is 16.1. The van der Waals surface area contributed by atoms with E-state index in [2.05, 4.69) is 32.3 Å². The molecule has 0 spiro atoms. The van der Waals surface area contributed by atoms with Crippen LogP contribution in [0.25, 0.3) is 11.1 Å². The zero-order chi connectivity index (χ0) is 21.7. The van der Waals surface area contributed by atoms with Crippen LogP contribution in [0.2, 0.25) is 5.02 Å². The lowest BCUT2D eigenvalue weighted by atomic mass is 10.1. The van der Waals surface area contributed by atoms with Crippen molar-refractivity contribution in [3.63, 3.8) is 0 Å². The lowest BCUT2D eigenvalue weighted by Crippen LogP contribution is -2.63. The van der Waals surface area contributed by atoms with E-state index in [0.29, 0.717) is 40.6 Å². The number of carbonyl (C=O) groups excluding carboxylic acids is 2. The highest BCUT2D eigenvalue weighted by Crippen LogP contribution is 2.37. The van der Waals surface area contributed by atoms with Crippen LogP contribution >= 0.6 is 11.6 Å². The number of rotatable bonds is 4. The van der Waals surface area contributed by atoms with E-state index >= 15 is 0 Å². The van der Waals surface area contributed by atoms with Gasteiger partial charge in [0.05, 0.1) is 11.6 Å². The fraction of sp³-hybridized carbons (Fsp3) is 0.211. The Hall–Kier alpha value is -3.70. The van der Waals surface area contributed by atoms with Gasteiger partial charge >= 0.3 is 6.01 Å². The fourth-order valence-electron chi connectivity index (χ4n) is 3.66. The van der Waals surface area contributed by atoms with Crippen LogP contribution in [0.15, 0.2) is 41.6 Å². The molecular formula is C19H17ClN8O3. The monoisotopic (exact) mass is 440 g/mol. The summed E-state index contributed by atoms with van der Waals surface area (Å²) in [5.41, 5.74) is 10.6. The molecule has 0 aliphatic carbocycles. The summed E-state index contributed by atoms with van der Waals surface area (Å²) >= 11 is 5.97. The zero-order valence-corrected chi connectivity index (χ0v) is 16.8. The summed E-state index contributed by atoms with van der Waals surface area (Å²) in [6.45, 7) is 4.42. The van der Waals surface area contributed by atoms with Crippen LogP contribution in [0.5, 0.6) is 0 Å². The predicted octanol–water partition coefficient (Wildman–Crippen LogP) is 1.25. The maximum absolute atomic E-state index is 13.1. The van der Waals surface area contributed by atoms with Crippen molar-refractivity contribution in [3.05, 3.63) is 47.8 Å². The number of hydrogen-bond donors (Lipinski definition) is 3. The fourth-order valence-corrected chi connectivity index (χ4v) is 3.83. The Morgan fingerprint density at radius 3 is 2.94 bits per heavy atom. The highest BCUT2D eigenvalue weighted by molar-refractivity contribution is 6.31.